The van der Waals surface area contributed by atoms with E-state index < -0.39 is 0 Å². The minimum Gasteiger partial charge on any atom is -0.385 e. The normalized spacial score (nSPS) is 19.9. The summed E-state index contributed by atoms with van der Waals surface area (Å²) >= 11 is 0. The first-order valence-electron chi connectivity index (χ1n) is 6.78. The summed E-state index contributed by atoms with van der Waals surface area (Å²) in [7, 11) is 1.80. The van der Waals surface area contributed by atoms with Crippen molar-refractivity contribution in [3.05, 3.63) is 0 Å². The van der Waals surface area contributed by atoms with Crippen molar-refractivity contribution in [2.45, 2.75) is 32.6 Å². The topological polar surface area (TPSA) is 24.5 Å². The lowest BCUT2D eigenvalue weighted by molar-refractivity contribution is 0.169. The molecule has 1 saturated heterocycles. The van der Waals surface area contributed by atoms with E-state index in [9.17, 15) is 0 Å². The summed E-state index contributed by atoms with van der Waals surface area (Å²) in [6, 6.07) is 0. The van der Waals surface area contributed by atoms with Gasteiger partial charge in [0.1, 0.15) is 0 Å². The summed E-state index contributed by atoms with van der Waals surface area (Å²) in [5.74, 6) is 0.864. The zero-order valence-corrected chi connectivity index (χ0v) is 11.0. The van der Waals surface area contributed by atoms with Gasteiger partial charge in [-0.3, -0.25) is 0 Å². The average Bonchev–Trinajstić information content (AvgIpc) is 2.35. The number of ether oxygens (including phenoxy) is 1. The van der Waals surface area contributed by atoms with Crippen molar-refractivity contribution in [2.75, 3.05) is 46.4 Å². The van der Waals surface area contributed by atoms with Crippen molar-refractivity contribution < 1.29 is 4.74 Å². The van der Waals surface area contributed by atoms with Gasteiger partial charge < -0.3 is 15.0 Å². The Hall–Kier alpha value is -0.120. The van der Waals surface area contributed by atoms with Crippen molar-refractivity contribution >= 4 is 0 Å². The van der Waals surface area contributed by atoms with Gasteiger partial charge in [0.05, 0.1) is 0 Å². The lowest BCUT2D eigenvalue weighted by Gasteiger charge is -2.27. The summed E-state index contributed by atoms with van der Waals surface area (Å²) < 4.78 is 5.15. The Labute approximate surface area is 101 Å². The third-order valence-electron chi connectivity index (χ3n) is 3.60. The predicted octanol–water partition coefficient (Wildman–Crippen LogP) is 1.73. The van der Waals surface area contributed by atoms with E-state index in [2.05, 4.69) is 17.1 Å². The molecule has 3 nitrogen and oxygen atoms in total. The Morgan fingerprint density at radius 1 is 1.25 bits per heavy atom. The first-order chi connectivity index (χ1) is 7.86. The van der Waals surface area contributed by atoms with Crippen molar-refractivity contribution in [1.29, 1.82) is 0 Å². The standard InChI is InChI=1S/C13H28N2O/c1-3-13(6-12-16-2)5-4-9-15-10-7-14-8-11-15/h13-14H,3-12H2,1-2H3/t13-/m0/s1. The third kappa shape index (κ3) is 5.83. The van der Waals surface area contributed by atoms with Crippen molar-refractivity contribution in [1.82, 2.24) is 10.2 Å². The summed E-state index contributed by atoms with van der Waals surface area (Å²) in [5.41, 5.74) is 0. The second kappa shape index (κ2) is 8.97. The van der Waals surface area contributed by atoms with E-state index in [-0.39, 0.29) is 0 Å². The zero-order chi connectivity index (χ0) is 11.6. The Morgan fingerprint density at radius 2 is 2.00 bits per heavy atom. The lowest BCUT2D eigenvalue weighted by atomic mass is 9.97. The highest BCUT2D eigenvalue weighted by molar-refractivity contribution is 4.68. The minimum atomic E-state index is 0.864. The second-order valence-corrected chi connectivity index (χ2v) is 4.79. The number of nitrogens with zero attached hydrogens (tertiary/aromatic N) is 1. The maximum atomic E-state index is 5.15. The summed E-state index contributed by atoms with van der Waals surface area (Å²) in [4.78, 5) is 2.58. The third-order valence-corrected chi connectivity index (χ3v) is 3.60. The van der Waals surface area contributed by atoms with Crippen LogP contribution in [-0.4, -0.2) is 51.3 Å². The summed E-state index contributed by atoms with van der Waals surface area (Å²) in [6.07, 6.45) is 5.24. The molecule has 1 fully saturated rings. The Morgan fingerprint density at radius 3 is 2.62 bits per heavy atom. The molecule has 0 unspecified atom stereocenters. The van der Waals surface area contributed by atoms with Gasteiger partial charge in [0.2, 0.25) is 0 Å². The molecule has 0 aliphatic carbocycles. The van der Waals surface area contributed by atoms with Crippen LogP contribution in [0.1, 0.15) is 32.6 Å². The van der Waals surface area contributed by atoms with E-state index in [0.29, 0.717) is 0 Å². The quantitative estimate of drug-likeness (QED) is 0.685. The number of rotatable bonds is 8. The minimum absolute atomic E-state index is 0.864. The van der Waals surface area contributed by atoms with Gasteiger partial charge in [-0.2, -0.15) is 0 Å². The summed E-state index contributed by atoms with van der Waals surface area (Å²) in [6.45, 7) is 9.30. The highest BCUT2D eigenvalue weighted by Crippen LogP contribution is 2.15. The maximum Gasteiger partial charge on any atom is 0.0464 e. The Balaban J connectivity index is 2.02. The molecular weight excluding hydrogens is 200 g/mol. The fourth-order valence-corrected chi connectivity index (χ4v) is 2.38. The molecule has 0 amide bonds. The van der Waals surface area contributed by atoms with Crippen molar-refractivity contribution in [3.8, 4) is 0 Å². The molecule has 0 bridgehead atoms. The number of piperazine rings is 1. The molecule has 0 aromatic carbocycles. The van der Waals surface area contributed by atoms with Crippen molar-refractivity contribution in [3.63, 3.8) is 0 Å². The van der Waals surface area contributed by atoms with E-state index in [4.69, 9.17) is 4.74 Å². The van der Waals surface area contributed by atoms with Crippen LogP contribution in [0.15, 0.2) is 0 Å². The smallest absolute Gasteiger partial charge is 0.0464 e. The fourth-order valence-electron chi connectivity index (χ4n) is 2.38. The molecule has 1 heterocycles. The molecule has 1 rings (SSSR count). The first-order valence-corrected chi connectivity index (χ1v) is 6.78. The first kappa shape index (κ1) is 13.9. The molecular formula is C13H28N2O. The number of hydrogen-bond acceptors (Lipinski definition) is 3. The van der Waals surface area contributed by atoms with Crippen LogP contribution in [-0.2, 0) is 4.74 Å². The molecule has 0 radical (unpaired) electrons. The van der Waals surface area contributed by atoms with Gasteiger partial charge in [0, 0.05) is 39.9 Å². The van der Waals surface area contributed by atoms with Gasteiger partial charge in [-0.25, -0.2) is 0 Å². The van der Waals surface area contributed by atoms with Gasteiger partial charge in [-0.05, 0) is 31.7 Å². The van der Waals surface area contributed by atoms with Crippen LogP contribution in [0, 0.1) is 5.92 Å². The molecule has 0 saturated carbocycles. The van der Waals surface area contributed by atoms with Crippen LogP contribution in [0.2, 0.25) is 0 Å². The van der Waals surface area contributed by atoms with Gasteiger partial charge >= 0.3 is 0 Å². The summed E-state index contributed by atoms with van der Waals surface area (Å²) in [5, 5.41) is 3.39. The number of methoxy groups -OCH3 is 1. The van der Waals surface area contributed by atoms with E-state index >= 15 is 0 Å². The Kier molecular flexibility index (Phi) is 7.81. The van der Waals surface area contributed by atoms with Gasteiger partial charge in [0.15, 0.2) is 0 Å². The predicted molar refractivity (Wildman–Crippen MR) is 68.8 cm³/mol. The van der Waals surface area contributed by atoms with Gasteiger partial charge in [-0.1, -0.05) is 13.3 Å². The number of nitrogens with one attached hydrogen (secondary N) is 1. The van der Waals surface area contributed by atoms with Crippen LogP contribution in [0.3, 0.4) is 0 Å². The molecule has 1 N–H and O–H groups in total. The highest BCUT2D eigenvalue weighted by atomic mass is 16.5. The molecule has 0 aromatic rings. The molecule has 1 aliphatic rings. The fraction of sp³-hybridized carbons (Fsp3) is 1.00. The molecule has 0 aromatic heterocycles. The zero-order valence-electron chi connectivity index (χ0n) is 11.0. The average molecular weight is 228 g/mol. The van der Waals surface area contributed by atoms with Crippen molar-refractivity contribution in [2.24, 2.45) is 5.92 Å². The van der Waals surface area contributed by atoms with Gasteiger partial charge in [-0.15, -0.1) is 0 Å². The van der Waals surface area contributed by atoms with Crippen LogP contribution in [0.4, 0.5) is 0 Å². The largest absolute Gasteiger partial charge is 0.385 e. The molecule has 96 valence electrons. The van der Waals surface area contributed by atoms with Crippen LogP contribution < -0.4 is 5.32 Å². The molecule has 0 spiro atoms. The highest BCUT2D eigenvalue weighted by Gasteiger charge is 2.10. The van der Waals surface area contributed by atoms with Gasteiger partial charge in [0.25, 0.3) is 0 Å². The monoisotopic (exact) mass is 228 g/mol. The molecule has 1 aliphatic heterocycles. The lowest BCUT2D eigenvalue weighted by Crippen LogP contribution is -2.43. The molecule has 1 atom stereocenters. The van der Waals surface area contributed by atoms with E-state index in [1.54, 1.807) is 7.11 Å². The SMILES string of the molecule is CC[C@@H](CCCN1CCNCC1)CCOC. The second-order valence-electron chi connectivity index (χ2n) is 4.79. The van der Waals surface area contributed by atoms with E-state index in [0.717, 1.165) is 12.5 Å². The van der Waals surface area contributed by atoms with E-state index in [1.807, 2.05) is 0 Å². The van der Waals surface area contributed by atoms with E-state index in [1.165, 1.54) is 58.4 Å². The maximum absolute atomic E-state index is 5.15. The molecule has 16 heavy (non-hydrogen) atoms. The van der Waals surface area contributed by atoms with Crippen LogP contribution in [0.5, 0.6) is 0 Å². The van der Waals surface area contributed by atoms with Crippen LogP contribution in [0.25, 0.3) is 0 Å². The number of hydrogen-bond donors (Lipinski definition) is 1. The Bertz CT molecular complexity index is 158. The van der Waals surface area contributed by atoms with Crippen LogP contribution >= 0.6 is 0 Å². The molecule has 3 heteroatoms.